The van der Waals surface area contributed by atoms with E-state index in [1.807, 2.05) is 18.5 Å². The zero-order valence-electron chi connectivity index (χ0n) is 19.5. The van der Waals surface area contributed by atoms with Gasteiger partial charge in [-0.25, -0.2) is 0 Å². The van der Waals surface area contributed by atoms with Crippen molar-refractivity contribution in [1.82, 2.24) is 0 Å². The van der Waals surface area contributed by atoms with Crippen LogP contribution in [0.25, 0.3) is 0 Å². The van der Waals surface area contributed by atoms with Gasteiger partial charge in [-0.2, -0.15) is 0 Å². The van der Waals surface area contributed by atoms with Crippen molar-refractivity contribution in [2.24, 2.45) is 0 Å². The molecular formula is C21H31BrIN2O8P. The molecule has 2 aromatic carbocycles. The van der Waals surface area contributed by atoms with Crippen LogP contribution in [-0.4, -0.2) is 52.3 Å². The number of benzene rings is 2. The van der Waals surface area contributed by atoms with Crippen molar-refractivity contribution in [2.45, 2.75) is 21.3 Å². The fourth-order valence-electron chi connectivity index (χ4n) is 1.79. The number of nitro benzene ring substituents is 2. The molecule has 0 heterocycles. The molecule has 1 atom stereocenters. The molecule has 0 saturated carbocycles. The number of nitrogens with zero attached hydrogens (tertiary/aromatic N) is 2. The summed E-state index contributed by atoms with van der Waals surface area (Å²) >= 11 is 5.30. The van der Waals surface area contributed by atoms with E-state index in [4.69, 9.17) is 11.1 Å². The molecule has 10 nitrogen and oxygen atoms in total. The number of nitro groups is 2. The molecule has 0 radical (unpaired) electrons. The molecule has 2 aromatic rings. The molecule has 0 saturated heterocycles. The predicted octanol–water partition coefficient (Wildman–Crippen LogP) is 6.50. The van der Waals surface area contributed by atoms with Gasteiger partial charge >= 0.3 is 11.4 Å². The summed E-state index contributed by atoms with van der Waals surface area (Å²) in [5.41, 5.74) is -0.212. The van der Waals surface area contributed by atoms with Crippen LogP contribution in [-0.2, 0) is 0 Å². The average Bonchev–Trinajstić information content (AvgIpc) is 2.82. The lowest BCUT2D eigenvalue weighted by molar-refractivity contribution is -0.386. The van der Waals surface area contributed by atoms with Crippen molar-refractivity contribution in [3.8, 4) is 11.5 Å². The maximum Gasteiger partial charge on any atom is 0.311 e. The molecule has 1 unspecified atom stereocenters. The molecular weight excluding hydrogens is 646 g/mol. The molecule has 13 heteroatoms. The highest BCUT2D eigenvalue weighted by atomic mass is 127. The van der Waals surface area contributed by atoms with Gasteiger partial charge in [0.15, 0.2) is 11.5 Å². The maximum absolute atomic E-state index is 10.6. The Labute approximate surface area is 225 Å². The van der Waals surface area contributed by atoms with Crippen LogP contribution in [0.3, 0.4) is 0 Å². The lowest BCUT2D eigenvalue weighted by Crippen LogP contribution is -1.98. The number of carbonyl (C=O) groups excluding carboxylic acids is 2. The van der Waals surface area contributed by atoms with E-state index in [1.165, 1.54) is 24.3 Å². The molecule has 34 heavy (non-hydrogen) atoms. The quantitative estimate of drug-likeness (QED) is 0.0909. The topological polar surface area (TPSA) is 150 Å². The number of rotatable bonds is 6. The second-order valence-electron chi connectivity index (χ2n) is 4.93. The summed E-state index contributed by atoms with van der Waals surface area (Å²) in [4.78, 5) is 42.0. The lowest BCUT2D eigenvalue weighted by atomic mass is 10.2. The summed E-state index contributed by atoms with van der Waals surface area (Å²) < 4.78 is 11.3. The monoisotopic (exact) mass is 678 g/mol. The van der Waals surface area contributed by atoms with Gasteiger partial charge in [0.1, 0.15) is 12.6 Å². The van der Waals surface area contributed by atoms with Crippen LogP contribution in [0.5, 0.6) is 11.5 Å². The molecule has 2 rings (SSSR count). The minimum Gasteiger partial charge on any atom is -0.502 e. The molecule has 192 valence electrons. The van der Waals surface area contributed by atoms with Crippen LogP contribution in [0.4, 0.5) is 11.4 Å². The van der Waals surface area contributed by atoms with E-state index in [0.29, 0.717) is 28.4 Å². The third-order valence-corrected chi connectivity index (χ3v) is 2.95. The van der Waals surface area contributed by atoms with Crippen LogP contribution >= 0.6 is 47.7 Å². The minimum absolute atomic E-state index is 0. The first-order valence-corrected chi connectivity index (χ1v) is 13.3. The number of aldehydes is 2. The summed E-state index contributed by atoms with van der Waals surface area (Å²) in [6.45, 7) is 5.94. The summed E-state index contributed by atoms with van der Waals surface area (Å²) in [5.74, 6) is -0.256. The third-order valence-electron chi connectivity index (χ3n) is 2.95. The Morgan fingerprint density at radius 1 is 1.06 bits per heavy atom. The largest absolute Gasteiger partial charge is 0.502 e. The fourth-order valence-corrected chi connectivity index (χ4v) is 1.79. The van der Waals surface area contributed by atoms with Gasteiger partial charge in [0.2, 0.25) is 0 Å². The summed E-state index contributed by atoms with van der Waals surface area (Å²) in [6, 6.07) is 7.52. The van der Waals surface area contributed by atoms with E-state index in [9.17, 15) is 29.8 Å². The number of hydrogen-bond donors (Lipinski definition) is 1. The van der Waals surface area contributed by atoms with Crippen LogP contribution < -0.4 is 4.74 Å². The van der Waals surface area contributed by atoms with Gasteiger partial charge in [0.05, 0.1) is 17.7 Å². The van der Waals surface area contributed by atoms with E-state index in [-0.39, 0.29) is 30.0 Å². The number of halogens is 2. The van der Waals surface area contributed by atoms with Crippen molar-refractivity contribution in [1.29, 1.82) is 1.28 Å². The van der Waals surface area contributed by atoms with E-state index in [1.54, 1.807) is 6.92 Å². The zero-order chi connectivity index (χ0) is 27.1. The second kappa shape index (κ2) is 25.4. The first kappa shape index (κ1) is 36.4. The fraction of sp³-hybridized carbons (Fsp3) is 0.333. The summed E-state index contributed by atoms with van der Waals surface area (Å²) in [5, 5.41) is 30.8. The molecule has 0 bridgehead atoms. The minimum atomic E-state index is -0.748. The number of phenols is 1. The highest BCUT2D eigenvalue weighted by molar-refractivity contribution is 14.1. The van der Waals surface area contributed by atoms with Crippen LogP contribution in [0.1, 0.15) is 42.0 Å². The van der Waals surface area contributed by atoms with Crippen molar-refractivity contribution in [3.63, 3.8) is 0 Å². The summed E-state index contributed by atoms with van der Waals surface area (Å²) in [6.07, 6.45) is 1.04. The van der Waals surface area contributed by atoms with E-state index in [2.05, 4.69) is 38.5 Å². The number of phenolic OH excluding ortho intramolecular Hbond substituents is 1. The zero-order valence-corrected chi connectivity index (χ0v) is 23.2. The Kier molecular flexibility index (Phi) is 27.2. The molecule has 0 aliphatic heterocycles. The lowest BCUT2D eigenvalue weighted by Gasteiger charge is -2.03. The molecule has 0 aromatic heterocycles. The maximum atomic E-state index is 10.6. The smallest absolute Gasteiger partial charge is 0.311 e. The molecule has 0 amide bonds. The van der Waals surface area contributed by atoms with Gasteiger partial charge in [0, 0.05) is 28.6 Å². The predicted molar refractivity (Wildman–Crippen MR) is 152 cm³/mol. The Morgan fingerprint density at radius 2 is 1.44 bits per heavy atom. The first-order chi connectivity index (χ1) is 16.2. The van der Waals surface area contributed by atoms with E-state index >= 15 is 0 Å². The molecule has 0 fully saturated rings. The Morgan fingerprint density at radius 3 is 1.79 bits per heavy atom. The SMILES string of the molecule is C.CCBr.CCOc1ccc(C=O)cc1[N+](=O)[O-].CI.O=Cc1ccc(O)c([N+](=O)[O-])c1.[3H]PC. The van der Waals surface area contributed by atoms with E-state index in [0.717, 1.165) is 17.5 Å². The number of alkyl halides is 2. The Balaban J connectivity index is -0.000000208. The normalized spacial score (nSPS) is 8.82. The first-order valence-electron chi connectivity index (χ1n) is 9.48. The number of aromatic hydroxyl groups is 1. The molecule has 1 N–H and O–H groups in total. The Hall–Kier alpha value is -2.18. The van der Waals surface area contributed by atoms with Gasteiger partial charge in [-0.1, -0.05) is 59.5 Å². The average molecular weight is 679 g/mol. The molecule has 0 spiro atoms. The Bertz CT molecular complexity index is 892. The van der Waals surface area contributed by atoms with E-state index < -0.39 is 21.3 Å². The van der Waals surface area contributed by atoms with Crippen molar-refractivity contribution in [2.75, 3.05) is 23.5 Å². The van der Waals surface area contributed by atoms with Crippen molar-refractivity contribution < 1.29 is 29.3 Å². The summed E-state index contributed by atoms with van der Waals surface area (Å²) in [7, 11) is 0.333. The van der Waals surface area contributed by atoms with Crippen LogP contribution in [0, 0.1) is 20.2 Å². The third kappa shape index (κ3) is 16.4. The van der Waals surface area contributed by atoms with Crippen molar-refractivity contribution >= 4 is 71.7 Å². The number of ether oxygens (including phenoxy) is 1. The van der Waals surface area contributed by atoms with Gasteiger partial charge in [-0.3, -0.25) is 29.8 Å². The van der Waals surface area contributed by atoms with Crippen LogP contribution in [0.15, 0.2) is 36.4 Å². The molecule has 0 aliphatic rings. The second-order valence-corrected chi connectivity index (χ2v) is 6.05. The highest BCUT2D eigenvalue weighted by Gasteiger charge is 2.15. The standard InChI is InChI=1S/C9H9NO4.C7H5NO4.C2H5Br.CH3I.CH5P.CH4/c1-2-14-9-4-3-7(6-11)5-8(9)10(12)13;9-4-5-1-2-7(10)6(3-5)8(11)12;1-2-3;2*1-2;/h3-6H,2H2,1H3;1-4,10H;2H2,1H3;1H3;2H2,1H3;1H4/i;;;;2T;. The van der Waals surface area contributed by atoms with Gasteiger partial charge in [0.25, 0.3) is 0 Å². The number of carbonyl (C=O) groups is 2. The number of hydrogen-bond acceptors (Lipinski definition) is 8. The van der Waals surface area contributed by atoms with Gasteiger partial charge in [-0.15, -0.1) is 9.18 Å². The van der Waals surface area contributed by atoms with Crippen molar-refractivity contribution in [3.05, 3.63) is 67.8 Å². The molecule has 0 aliphatic carbocycles. The van der Waals surface area contributed by atoms with Gasteiger partial charge in [-0.05, 0) is 36.1 Å². The van der Waals surface area contributed by atoms with Gasteiger partial charge < -0.3 is 9.84 Å². The van der Waals surface area contributed by atoms with Crippen LogP contribution in [0.2, 0.25) is 0 Å². The highest BCUT2D eigenvalue weighted by Crippen LogP contribution is 2.27.